The molecule has 0 spiro atoms. The third-order valence-electron chi connectivity index (χ3n) is 4.08. The lowest BCUT2D eigenvalue weighted by molar-refractivity contribution is 0.514. The van der Waals surface area contributed by atoms with Crippen molar-refractivity contribution in [1.82, 2.24) is 0 Å². The van der Waals surface area contributed by atoms with Crippen LogP contribution in [0.2, 0.25) is 0 Å². The number of nitrogens with zero attached hydrogens (tertiary/aromatic N) is 1. The second kappa shape index (κ2) is 6.64. The predicted octanol–water partition coefficient (Wildman–Crippen LogP) is 5.73. The molecule has 3 heteroatoms. The van der Waals surface area contributed by atoms with Crippen LogP contribution in [0.15, 0.2) is 60.7 Å². The van der Waals surface area contributed by atoms with Crippen molar-refractivity contribution in [3.8, 4) is 28.3 Å². The summed E-state index contributed by atoms with van der Waals surface area (Å²) in [5, 5.41) is 8.81. The summed E-state index contributed by atoms with van der Waals surface area (Å²) in [6, 6.07) is 19.0. The van der Waals surface area contributed by atoms with E-state index in [9.17, 15) is 8.78 Å². The Bertz CT molecular complexity index is 904. The number of hydrogen-bond donors (Lipinski definition) is 0. The van der Waals surface area contributed by atoms with E-state index in [0.29, 0.717) is 16.7 Å². The quantitative estimate of drug-likeness (QED) is 0.604. The molecular formula is C21H15F2N. The highest BCUT2D eigenvalue weighted by Gasteiger charge is 2.15. The fraction of sp³-hybridized carbons (Fsp3) is 0.0952. The number of nitriles is 1. The van der Waals surface area contributed by atoms with Gasteiger partial charge in [-0.3, -0.25) is 0 Å². The summed E-state index contributed by atoms with van der Waals surface area (Å²) in [6.45, 7) is 2.04. The second-order valence-electron chi connectivity index (χ2n) is 5.53. The first kappa shape index (κ1) is 15.9. The minimum atomic E-state index is -0.878. The van der Waals surface area contributed by atoms with Crippen molar-refractivity contribution in [2.45, 2.75) is 13.3 Å². The van der Waals surface area contributed by atoms with E-state index in [1.165, 1.54) is 0 Å². The summed E-state index contributed by atoms with van der Waals surface area (Å²) in [7, 11) is 0. The molecule has 0 aliphatic rings. The lowest BCUT2D eigenvalue weighted by Gasteiger charge is -2.10. The topological polar surface area (TPSA) is 23.8 Å². The fourth-order valence-corrected chi connectivity index (χ4v) is 2.64. The van der Waals surface area contributed by atoms with Crippen LogP contribution >= 0.6 is 0 Å². The number of aryl methyl sites for hydroxylation is 1. The maximum Gasteiger partial charge on any atom is 0.167 e. The van der Waals surface area contributed by atoms with Gasteiger partial charge in [0.25, 0.3) is 0 Å². The third-order valence-corrected chi connectivity index (χ3v) is 4.08. The number of rotatable bonds is 3. The molecule has 0 heterocycles. The Hall–Kier alpha value is -2.99. The second-order valence-corrected chi connectivity index (χ2v) is 5.53. The fourth-order valence-electron chi connectivity index (χ4n) is 2.64. The molecule has 0 N–H and O–H groups in total. The van der Waals surface area contributed by atoms with Crippen molar-refractivity contribution >= 4 is 0 Å². The average molecular weight is 319 g/mol. The summed E-state index contributed by atoms with van der Waals surface area (Å²) >= 11 is 0. The lowest BCUT2D eigenvalue weighted by atomic mass is 9.97. The molecule has 0 aliphatic carbocycles. The number of benzene rings is 3. The summed E-state index contributed by atoms with van der Waals surface area (Å²) in [4.78, 5) is 0. The maximum atomic E-state index is 14.5. The van der Waals surface area contributed by atoms with Gasteiger partial charge in [0.1, 0.15) is 0 Å². The van der Waals surface area contributed by atoms with Gasteiger partial charge < -0.3 is 0 Å². The van der Waals surface area contributed by atoms with Gasteiger partial charge in [-0.25, -0.2) is 8.78 Å². The minimum Gasteiger partial charge on any atom is -0.203 e. The van der Waals surface area contributed by atoms with Crippen molar-refractivity contribution < 1.29 is 8.78 Å². The van der Waals surface area contributed by atoms with Crippen LogP contribution in [0.25, 0.3) is 22.3 Å². The van der Waals surface area contributed by atoms with Gasteiger partial charge in [0.05, 0.1) is 11.6 Å². The Morgan fingerprint density at radius 1 is 0.750 bits per heavy atom. The van der Waals surface area contributed by atoms with E-state index in [1.807, 2.05) is 25.1 Å². The van der Waals surface area contributed by atoms with Gasteiger partial charge in [-0.05, 0) is 35.2 Å². The van der Waals surface area contributed by atoms with E-state index in [4.69, 9.17) is 5.26 Å². The highest BCUT2D eigenvalue weighted by molar-refractivity contribution is 5.72. The monoisotopic (exact) mass is 319 g/mol. The van der Waals surface area contributed by atoms with E-state index in [1.54, 1.807) is 48.5 Å². The van der Waals surface area contributed by atoms with Crippen molar-refractivity contribution in [3.63, 3.8) is 0 Å². The van der Waals surface area contributed by atoms with E-state index < -0.39 is 11.6 Å². The summed E-state index contributed by atoms with van der Waals surface area (Å²) in [6.07, 6.45) is 0.898. The normalized spacial score (nSPS) is 10.4. The average Bonchev–Trinajstić information content (AvgIpc) is 2.64. The Labute approximate surface area is 139 Å². The number of halogens is 2. The van der Waals surface area contributed by atoms with E-state index in [0.717, 1.165) is 12.0 Å². The Morgan fingerprint density at radius 3 is 1.62 bits per heavy atom. The molecule has 3 aromatic rings. The predicted molar refractivity (Wildman–Crippen MR) is 91.3 cm³/mol. The molecule has 1 nitrogen and oxygen atoms in total. The van der Waals surface area contributed by atoms with Crippen LogP contribution in [0.5, 0.6) is 0 Å². The van der Waals surface area contributed by atoms with Crippen LogP contribution in [0.3, 0.4) is 0 Å². The molecule has 3 rings (SSSR count). The highest BCUT2D eigenvalue weighted by Crippen LogP contribution is 2.31. The zero-order chi connectivity index (χ0) is 17.1. The Balaban J connectivity index is 2.03. The van der Waals surface area contributed by atoms with Gasteiger partial charge in [-0.15, -0.1) is 0 Å². The molecule has 0 amide bonds. The van der Waals surface area contributed by atoms with E-state index >= 15 is 0 Å². The first-order valence-electron chi connectivity index (χ1n) is 7.72. The largest absolute Gasteiger partial charge is 0.203 e. The molecule has 0 radical (unpaired) electrons. The lowest BCUT2D eigenvalue weighted by Crippen LogP contribution is -1.94. The Kier molecular flexibility index (Phi) is 4.39. The van der Waals surface area contributed by atoms with Crippen molar-refractivity contribution in [2.75, 3.05) is 0 Å². The highest BCUT2D eigenvalue weighted by atomic mass is 19.2. The Morgan fingerprint density at radius 2 is 1.21 bits per heavy atom. The van der Waals surface area contributed by atoms with Crippen LogP contribution in [0.4, 0.5) is 8.78 Å². The zero-order valence-electron chi connectivity index (χ0n) is 13.2. The smallest absolute Gasteiger partial charge is 0.167 e. The molecular weight excluding hydrogens is 304 g/mol. The summed E-state index contributed by atoms with van der Waals surface area (Å²) in [5.74, 6) is -1.74. The summed E-state index contributed by atoms with van der Waals surface area (Å²) in [5.41, 5.74) is 3.24. The SMILES string of the molecule is CCc1ccc(-c2ccc(-c3ccc(C#N)cc3)c(F)c2F)cc1. The molecule has 0 saturated carbocycles. The standard InChI is InChI=1S/C21H15F2N/c1-2-14-3-7-16(8-4-14)18-11-12-19(21(23)20(18)22)17-9-5-15(13-24)6-10-17/h3-12H,2H2,1H3. The van der Waals surface area contributed by atoms with Gasteiger partial charge in [0, 0.05) is 11.1 Å². The van der Waals surface area contributed by atoms with Crippen LogP contribution < -0.4 is 0 Å². The van der Waals surface area contributed by atoms with Gasteiger partial charge >= 0.3 is 0 Å². The summed E-state index contributed by atoms with van der Waals surface area (Å²) < 4.78 is 29.1. The molecule has 0 bridgehead atoms. The minimum absolute atomic E-state index is 0.186. The molecule has 3 aromatic carbocycles. The van der Waals surface area contributed by atoms with Gasteiger partial charge in [0.15, 0.2) is 11.6 Å². The maximum absolute atomic E-state index is 14.5. The molecule has 0 unspecified atom stereocenters. The molecule has 24 heavy (non-hydrogen) atoms. The van der Waals surface area contributed by atoms with E-state index in [2.05, 4.69) is 0 Å². The third kappa shape index (κ3) is 2.91. The van der Waals surface area contributed by atoms with Crippen LogP contribution in [0, 0.1) is 23.0 Å². The van der Waals surface area contributed by atoms with E-state index in [-0.39, 0.29) is 11.1 Å². The molecule has 0 atom stereocenters. The molecule has 0 aromatic heterocycles. The first-order valence-corrected chi connectivity index (χ1v) is 7.72. The van der Waals surface area contributed by atoms with Gasteiger partial charge in [-0.1, -0.05) is 55.5 Å². The molecule has 0 fully saturated rings. The molecule has 0 aliphatic heterocycles. The van der Waals surface area contributed by atoms with Crippen LogP contribution in [0.1, 0.15) is 18.1 Å². The molecule has 0 saturated heterocycles. The molecule has 118 valence electrons. The van der Waals surface area contributed by atoms with Crippen molar-refractivity contribution in [1.29, 1.82) is 5.26 Å². The number of hydrogen-bond acceptors (Lipinski definition) is 1. The van der Waals surface area contributed by atoms with Crippen LogP contribution in [-0.4, -0.2) is 0 Å². The van der Waals surface area contributed by atoms with Crippen LogP contribution in [-0.2, 0) is 6.42 Å². The van der Waals surface area contributed by atoms with Crippen molar-refractivity contribution in [3.05, 3.63) is 83.4 Å². The first-order chi connectivity index (χ1) is 11.6. The van der Waals surface area contributed by atoms with Gasteiger partial charge in [-0.2, -0.15) is 5.26 Å². The van der Waals surface area contributed by atoms with Gasteiger partial charge in [0.2, 0.25) is 0 Å². The van der Waals surface area contributed by atoms with Crippen molar-refractivity contribution in [2.24, 2.45) is 0 Å². The zero-order valence-corrected chi connectivity index (χ0v) is 13.2.